The number of benzene rings is 1. The summed E-state index contributed by atoms with van der Waals surface area (Å²) in [5.74, 6) is 0. The maximum absolute atomic E-state index is 3.49. The molecule has 0 amide bonds. The van der Waals surface area contributed by atoms with Gasteiger partial charge in [0.1, 0.15) is 0 Å². The van der Waals surface area contributed by atoms with E-state index in [-0.39, 0.29) is 0 Å². The van der Waals surface area contributed by atoms with E-state index in [2.05, 4.69) is 47.7 Å². The van der Waals surface area contributed by atoms with Gasteiger partial charge in [0.15, 0.2) is 0 Å². The van der Waals surface area contributed by atoms with E-state index in [0.29, 0.717) is 6.04 Å². The first kappa shape index (κ1) is 11.6. The first-order valence-electron chi connectivity index (χ1n) is 6.44. The lowest BCUT2D eigenvalue weighted by Gasteiger charge is -2.35. The Kier molecular flexibility index (Phi) is 4.37. The minimum absolute atomic E-state index is 0.677. The monoisotopic (exact) mass is 218 g/mol. The fourth-order valence-corrected chi connectivity index (χ4v) is 2.51. The van der Waals surface area contributed by atoms with E-state index in [0.717, 1.165) is 6.54 Å². The van der Waals surface area contributed by atoms with Crippen molar-refractivity contribution in [3.05, 3.63) is 35.9 Å². The van der Waals surface area contributed by atoms with E-state index in [9.17, 15) is 0 Å². The van der Waals surface area contributed by atoms with Crippen molar-refractivity contribution in [2.75, 3.05) is 13.1 Å². The average Bonchev–Trinajstić information content (AvgIpc) is 2.33. The van der Waals surface area contributed by atoms with Crippen molar-refractivity contribution in [3.8, 4) is 0 Å². The average molecular weight is 218 g/mol. The lowest BCUT2D eigenvalue weighted by Crippen LogP contribution is -2.49. The topological polar surface area (TPSA) is 15.3 Å². The SMILES string of the molecule is CCNN1CCCCC1Cc1ccccc1. The van der Waals surface area contributed by atoms with E-state index in [1.807, 2.05) is 0 Å². The molecule has 1 atom stereocenters. The maximum atomic E-state index is 3.49. The Bertz CT molecular complexity index is 295. The molecule has 0 bridgehead atoms. The van der Waals surface area contributed by atoms with Crippen LogP contribution in [0.15, 0.2) is 30.3 Å². The third-order valence-electron chi connectivity index (χ3n) is 3.30. The Balaban J connectivity index is 1.96. The lowest BCUT2D eigenvalue weighted by atomic mass is 9.97. The molecular weight excluding hydrogens is 196 g/mol. The minimum Gasteiger partial charge on any atom is -0.255 e. The summed E-state index contributed by atoms with van der Waals surface area (Å²) in [7, 11) is 0. The van der Waals surface area contributed by atoms with Crippen LogP contribution in [-0.4, -0.2) is 24.1 Å². The van der Waals surface area contributed by atoms with Gasteiger partial charge in [0.05, 0.1) is 0 Å². The maximum Gasteiger partial charge on any atom is 0.0283 e. The molecule has 16 heavy (non-hydrogen) atoms. The van der Waals surface area contributed by atoms with Crippen LogP contribution in [0, 0.1) is 0 Å². The Morgan fingerprint density at radius 1 is 1.25 bits per heavy atom. The van der Waals surface area contributed by atoms with Crippen LogP contribution in [-0.2, 0) is 6.42 Å². The summed E-state index contributed by atoms with van der Waals surface area (Å²) >= 11 is 0. The summed E-state index contributed by atoms with van der Waals surface area (Å²) in [6.07, 6.45) is 5.20. The van der Waals surface area contributed by atoms with Gasteiger partial charge in [-0.1, -0.05) is 43.7 Å². The number of piperidine rings is 1. The normalized spacial score (nSPS) is 22.2. The second kappa shape index (κ2) is 6.02. The summed E-state index contributed by atoms with van der Waals surface area (Å²) in [6.45, 7) is 4.41. The molecule has 2 heteroatoms. The van der Waals surface area contributed by atoms with Crippen molar-refractivity contribution in [2.24, 2.45) is 0 Å². The zero-order valence-corrected chi connectivity index (χ0v) is 10.2. The molecule has 88 valence electrons. The first-order chi connectivity index (χ1) is 7.90. The van der Waals surface area contributed by atoms with Crippen LogP contribution in [0.2, 0.25) is 0 Å². The molecule has 0 spiro atoms. The molecule has 0 aliphatic carbocycles. The fraction of sp³-hybridized carbons (Fsp3) is 0.571. The van der Waals surface area contributed by atoms with Crippen molar-refractivity contribution in [3.63, 3.8) is 0 Å². The second-order valence-corrected chi connectivity index (χ2v) is 4.54. The number of nitrogens with one attached hydrogen (secondary N) is 1. The third kappa shape index (κ3) is 3.06. The molecule has 0 aromatic heterocycles. The quantitative estimate of drug-likeness (QED) is 0.835. The Morgan fingerprint density at radius 2 is 2.06 bits per heavy atom. The number of hydrogen-bond donors (Lipinski definition) is 1. The van der Waals surface area contributed by atoms with Crippen LogP contribution in [0.4, 0.5) is 0 Å². The van der Waals surface area contributed by atoms with Gasteiger partial charge in [-0.2, -0.15) is 0 Å². The molecule has 1 aliphatic heterocycles. The number of nitrogens with zero attached hydrogens (tertiary/aromatic N) is 1. The predicted molar refractivity (Wildman–Crippen MR) is 68.2 cm³/mol. The van der Waals surface area contributed by atoms with Crippen molar-refractivity contribution in [1.82, 2.24) is 10.4 Å². The van der Waals surface area contributed by atoms with Gasteiger partial charge in [-0.3, -0.25) is 5.43 Å². The Labute approximate surface area is 98.6 Å². The van der Waals surface area contributed by atoms with Gasteiger partial charge in [-0.05, 0) is 24.8 Å². The molecule has 2 rings (SSSR count). The van der Waals surface area contributed by atoms with Crippen molar-refractivity contribution in [2.45, 2.75) is 38.6 Å². The molecule has 1 N–H and O–H groups in total. The highest BCUT2D eigenvalue weighted by Crippen LogP contribution is 2.18. The summed E-state index contributed by atoms with van der Waals surface area (Å²) in [5, 5.41) is 2.44. The molecule has 0 saturated carbocycles. The van der Waals surface area contributed by atoms with Gasteiger partial charge in [0.25, 0.3) is 0 Å². The minimum atomic E-state index is 0.677. The van der Waals surface area contributed by atoms with Gasteiger partial charge < -0.3 is 0 Å². The zero-order valence-electron chi connectivity index (χ0n) is 10.2. The molecular formula is C14H22N2. The van der Waals surface area contributed by atoms with Gasteiger partial charge in [-0.15, -0.1) is 0 Å². The summed E-state index contributed by atoms with van der Waals surface area (Å²) in [6, 6.07) is 11.5. The van der Waals surface area contributed by atoms with Crippen molar-refractivity contribution < 1.29 is 0 Å². The van der Waals surface area contributed by atoms with Crippen LogP contribution in [0.1, 0.15) is 31.7 Å². The summed E-state index contributed by atoms with van der Waals surface area (Å²) in [4.78, 5) is 0. The number of rotatable bonds is 4. The fourth-order valence-electron chi connectivity index (χ4n) is 2.51. The summed E-state index contributed by atoms with van der Waals surface area (Å²) in [5.41, 5.74) is 4.94. The number of hydrazine groups is 1. The molecule has 1 unspecified atom stereocenters. The van der Waals surface area contributed by atoms with E-state index in [1.54, 1.807) is 0 Å². The highest BCUT2D eigenvalue weighted by Gasteiger charge is 2.21. The van der Waals surface area contributed by atoms with Gasteiger partial charge >= 0.3 is 0 Å². The summed E-state index contributed by atoms with van der Waals surface area (Å²) < 4.78 is 0. The Hall–Kier alpha value is -0.860. The molecule has 1 aliphatic rings. The number of hydrogen-bond acceptors (Lipinski definition) is 2. The van der Waals surface area contributed by atoms with Crippen LogP contribution >= 0.6 is 0 Å². The van der Waals surface area contributed by atoms with E-state index in [1.165, 1.54) is 37.8 Å². The van der Waals surface area contributed by atoms with Gasteiger partial charge in [-0.25, -0.2) is 5.01 Å². The van der Waals surface area contributed by atoms with Gasteiger partial charge in [0.2, 0.25) is 0 Å². The molecule has 1 heterocycles. The molecule has 1 saturated heterocycles. The predicted octanol–water partition coefficient (Wildman–Crippen LogP) is 2.61. The van der Waals surface area contributed by atoms with Gasteiger partial charge in [0, 0.05) is 19.1 Å². The molecule has 1 aromatic carbocycles. The zero-order chi connectivity index (χ0) is 11.2. The van der Waals surface area contributed by atoms with Crippen LogP contribution in [0.5, 0.6) is 0 Å². The second-order valence-electron chi connectivity index (χ2n) is 4.54. The largest absolute Gasteiger partial charge is 0.255 e. The highest BCUT2D eigenvalue weighted by molar-refractivity contribution is 5.16. The Morgan fingerprint density at radius 3 is 2.81 bits per heavy atom. The smallest absolute Gasteiger partial charge is 0.0283 e. The lowest BCUT2D eigenvalue weighted by molar-refractivity contribution is 0.0886. The van der Waals surface area contributed by atoms with Crippen LogP contribution in [0.3, 0.4) is 0 Å². The first-order valence-corrected chi connectivity index (χ1v) is 6.44. The molecule has 1 aromatic rings. The third-order valence-corrected chi connectivity index (χ3v) is 3.30. The van der Waals surface area contributed by atoms with E-state index in [4.69, 9.17) is 0 Å². The molecule has 0 radical (unpaired) electrons. The van der Waals surface area contributed by atoms with Crippen LogP contribution in [0.25, 0.3) is 0 Å². The van der Waals surface area contributed by atoms with Crippen molar-refractivity contribution in [1.29, 1.82) is 0 Å². The standard InChI is InChI=1S/C14H22N2/c1-2-15-16-11-7-6-10-14(16)12-13-8-4-3-5-9-13/h3-5,8-9,14-15H,2,6-7,10-12H2,1H3. The highest BCUT2D eigenvalue weighted by atomic mass is 15.5. The molecule has 1 fully saturated rings. The molecule has 2 nitrogen and oxygen atoms in total. The van der Waals surface area contributed by atoms with E-state index >= 15 is 0 Å². The van der Waals surface area contributed by atoms with Crippen molar-refractivity contribution >= 4 is 0 Å². The van der Waals surface area contributed by atoms with Crippen LogP contribution < -0.4 is 5.43 Å². The van der Waals surface area contributed by atoms with E-state index < -0.39 is 0 Å².